The number of ketones is 1. The summed E-state index contributed by atoms with van der Waals surface area (Å²) in [5.41, 5.74) is -0.0334. The summed E-state index contributed by atoms with van der Waals surface area (Å²) >= 11 is 0. The van der Waals surface area contributed by atoms with Crippen LogP contribution in [0.3, 0.4) is 0 Å². The van der Waals surface area contributed by atoms with E-state index in [0.717, 1.165) is 0 Å². The summed E-state index contributed by atoms with van der Waals surface area (Å²) in [6.07, 6.45) is 0.159. The van der Waals surface area contributed by atoms with Gasteiger partial charge >= 0.3 is 6.09 Å². The van der Waals surface area contributed by atoms with E-state index in [4.69, 9.17) is 13.9 Å². The van der Waals surface area contributed by atoms with Crippen molar-refractivity contribution in [3.63, 3.8) is 0 Å². The summed E-state index contributed by atoms with van der Waals surface area (Å²) in [6, 6.07) is 1.37. The van der Waals surface area contributed by atoms with Gasteiger partial charge in [-0.25, -0.2) is 4.79 Å². The van der Waals surface area contributed by atoms with Crippen molar-refractivity contribution in [3.05, 3.63) is 23.2 Å². The van der Waals surface area contributed by atoms with Crippen molar-refractivity contribution in [1.82, 2.24) is 5.32 Å². The lowest BCUT2D eigenvalue weighted by atomic mass is 10.0. The van der Waals surface area contributed by atoms with Gasteiger partial charge < -0.3 is 19.2 Å². The highest BCUT2D eigenvalue weighted by atomic mass is 16.6. The molecule has 0 radical (unpaired) electrons. The Morgan fingerprint density at radius 2 is 1.96 bits per heavy atom. The topological polar surface area (TPSA) is 77.8 Å². The lowest BCUT2D eigenvalue weighted by molar-refractivity contribution is 0.0490. The van der Waals surface area contributed by atoms with Gasteiger partial charge in [0.1, 0.15) is 17.1 Å². The smallest absolute Gasteiger partial charge is 0.407 e. The SMILES string of the molecule is COCCC(CC(=O)c1cc(C)oc1C)NC(=O)OC(C)(C)C. The molecule has 0 aromatic carbocycles. The number of nitrogens with one attached hydrogen (secondary N) is 1. The van der Waals surface area contributed by atoms with Gasteiger partial charge in [-0.3, -0.25) is 4.79 Å². The maximum Gasteiger partial charge on any atom is 0.407 e. The predicted molar refractivity (Wildman–Crippen MR) is 86.8 cm³/mol. The van der Waals surface area contributed by atoms with Gasteiger partial charge in [-0.05, 0) is 47.1 Å². The van der Waals surface area contributed by atoms with Gasteiger partial charge in [-0.2, -0.15) is 0 Å². The lowest BCUT2D eigenvalue weighted by Crippen LogP contribution is -2.40. The number of hydrogen-bond acceptors (Lipinski definition) is 5. The van der Waals surface area contributed by atoms with Crippen molar-refractivity contribution in [2.45, 2.75) is 59.1 Å². The van der Waals surface area contributed by atoms with Crippen molar-refractivity contribution in [2.75, 3.05) is 13.7 Å². The molecule has 0 aliphatic rings. The van der Waals surface area contributed by atoms with E-state index in [-0.39, 0.29) is 18.2 Å². The first-order chi connectivity index (χ1) is 10.6. The van der Waals surface area contributed by atoms with E-state index in [1.807, 2.05) is 0 Å². The van der Waals surface area contributed by atoms with Gasteiger partial charge in [-0.1, -0.05) is 0 Å². The van der Waals surface area contributed by atoms with E-state index < -0.39 is 11.7 Å². The highest BCUT2D eigenvalue weighted by molar-refractivity contribution is 5.97. The van der Waals surface area contributed by atoms with Crippen LogP contribution < -0.4 is 5.32 Å². The number of carbonyl (C=O) groups excluding carboxylic acids is 2. The number of hydrogen-bond donors (Lipinski definition) is 1. The molecule has 0 aliphatic carbocycles. The van der Waals surface area contributed by atoms with Crippen molar-refractivity contribution in [3.8, 4) is 0 Å². The van der Waals surface area contributed by atoms with Gasteiger partial charge in [0.05, 0.1) is 5.56 Å². The minimum absolute atomic E-state index is 0.0727. The van der Waals surface area contributed by atoms with E-state index in [2.05, 4.69) is 5.32 Å². The van der Waals surface area contributed by atoms with Crippen LogP contribution in [-0.2, 0) is 9.47 Å². The first-order valence-electron chi connectivity index (χ1n) is 7.71. The maximum absolute atomic E-state index is 12.4. The van der Waals surface area contributed by atoms with Crippen LogP contribution in [0, 0.1) is 13.8 Å². The summed E-state index contributed by atoms with van der Waals surface area (Å²) in [7, 11) is 1.58. The second-order valence-electron chi connectivity index (χ2n) is 6.58. The van der Waals surface area contributed by atoms with Crippen molar-refractivity contribution in [1.29, 1.82) is 0 Å². The number of methoxy groups -OCH3 is 1. The molecule has 0 fully saturated rings. The number of Topliss-reactive ketones (excluding diaryl/α,β-unsaturated/α-hetero) is 1. The van der Waals surface area contributed by atoms with Crippen LogP contribution in [0.1, 0.15) is 55.5 Å². The van der Waals surface area contributed by atoms with Crippen LogP contribution in [0.5, 0.6) is 0 Å². The summed E-state index contributed by atoms with van der Waals surface area (Å²) in [5.74, 6) is 1.21. The molecule has 6 nitrogen and oxygen atoms in total. The monoisotopic (exact) mass is 325 g/mol. The molecule has 1 heterocycles. The highest BCUT2D eigenvalue weighted by Crippen LogP contribution is 2.17. The van der Waals surface area contributed by atoms with Crippen LogP contribution in [0.4, 0.5) is 4.79 Å². The van der Waals surface area contributed by atoms with Crippen molar-refractivity contribution in [2.24, 2.45) is 0 Å². The largest absolute Gasteiger partial charge is 0.466 e. The van der Waals surface area contributed by atoms with Crippen LogP contribution in [0.15, 0.2) is 10.5 Å². The second-order valence-corrected chi connectivity index (χ2v) is 6.58. The maximum atomic E-state index is 12.4. The Bertz CT molecular complexity index is 542. The fourth-order valence-corrected chi connectivity index (χ4v) is 2.20. The van der Waals surface area contributed by atoms with Crippen molar-refractivity contribution >= 4 is 11.9 Å². The molecule has 1 aromatic rings. The Morgan fingerprint density at radius 1 is 1.30 bits per heavy atom. The number of rotatable bonds is 7. The molecule has 0 bridgehead atoms. The third-order valence-corrected chi connectivity index (χ3v) is 3.16. The van der Waals surface area contributed by atoms with E-state index in [9.17, 15) is 9.59 Å². The third kappa shape index (κ3) is 6.86. The van der Waals surface area contributed by atoms with Crippen LogP contribution in [0.25, 0.3) is 0 Å². The van der Waals surface area contributed by atoms with Crippen LogP contribution in [-0.4, -0.2) is 37.2 Å². The lowest BCUT2D eigenvalue weighted by Gasteiger charge is -2.23. The van der Waals surface area contributed by atoms with E-state index in [1.54, 1.807) is 47.8 Å². The average Bonchev–Trinajstić information content (AvgIpc) is 2.72. The first kappa shape index (κ1) is 19.2. The molecule has 130 valence electrons. The molecule has 23 heavy (non-hydrogen) atoms. The number of furan rings is 1. The van der Waals surface area contributed by atoms with E-state index >= 15 is 0 Å². The van der Waals surface area contributed by atoms with Crippen molar-refractivity contribution < 1.29 is 23.5 Å². The molecule has 1 aromatic heterocycles. The van der Waals surface area contributed by atoms with Gasteiger partial charge in [0.25, 0.3) is 0 Å². The first-order valence-corrected chi connectivity index (χ1v) is 7.71. The number of aryl methyl sites for hydroxylation is 2. The molecule has 0 saturated heterocycles. The summed E-state index contributed by atoms with van der Waals surface area (Å²) in [5, 5.41) is 2.74. The molecule has 1 atom stereocenters. The van der Waals surface area contributed by atoms with E-state index in [1.165, 1.54) is 0 Å². The molecule has 1 amide bonds. The second kappa shape index (κ2) is 8.15. The fourth-order valence-electron chi connectivity index (χ4n) is 2.20. The number of alkyl carbamates (subject to hydrolysis) is 1. The number of ether oxygens (including phenoxy) is 2. The third-order valence-electron chi connectivity index (χ3n) is 3.16. The zero-order chi connectivity index (χ0) is 17.6. The minimum atomic E-state index is -0.585. The molecule has 1 rings (SSSR count). The molecular formula is C17H27NO5. The predicted octanol–water partition coefficient (Wildman–Crippen LogP) is 3.40. The molecule has 6 heteroatoms. The normalized spacial score (nSPS) is 12.8. The average molecular weight is 325 g/mol. The fraction of sp³-hybridized carbons (Fsp3) is 0.647. The Morgan fingerprint density at radius 3 is 2.43 bits per heavy atom. The number of carbonyl (C=O) groups is 2. The molecule has 1 N–H and O–H groups in total. The van der Waals surface area contributed by atoms with Gasteiger partial charge in [-0.15, -0.1) is 0 Å². The Kier molecular flexibility index (Phi) is 6.81. The zero-order valence-corrected chi connectivity index (χ0v) is 14.8. The summed E-state index contributed by atoms with van der Waals surface area (Å²) in [4.78, 5) is 24.3. The van der Waals surface area contributed by atoms with Crippen LogP contribution in [0.2, 0.25) is 0 Å². The Hall–Kier alpha value is -1.82. The quantitative estimate of drug-likeness (QED) is 0.777. The summed E-state index contributed by atoms with van der Waals surface area (Å²) < 4.78 is 15.7. The van der Waals surface area contributed by atoms with E-state index in [0.29, 0.717) is 30.1 Å². The molecular weight excluding hydrogens is 298 g/mol. The molecule has 1 unspecified atom stereocenters. The summed E-state index contributed by atoms with van der Waals surface area (Å²) in [6.45, 7) is 9.37. The zero-order valence-electron chi connectivity index (χ0n) is 14.8. The molecule has 0 saturated carbocycles. The van der Waals surface area contributed by atoms with Gasteiger partial charge in [0.15, 0.2) is 5.78 Å². The minimum Gasteiger partial charge on any atom is -0.466 e. The van der Waals surface area contributed by atoms with Gasteiger partial charge in [0, 0.05) is 26.2 Å². The Balaban J connectivity index is 2.72. The molecule has 0 spiro atoms. The Labute approximate surface area is 137 Å². The molecule has 0 aliphatic heterocycles. The number of amides is 1. The van der Waals surface area contributed by atoms with Crippen LogP contribution >= 0.6 is 0 Å². The standard InChI is InChI=1S/C17H27NO5/c1-11-9-14(12(2)22-11)15(19)10-13(7-8-21-6)18-16(20)23-17(3,4)5/h9,13H,7-8,10H2,1-6H3,(H,18,20). The highest BCUT2D eigenvalue weighted by Gasteiger charge is 2.23. The van der Waals surface area contributed by atoms with Gasteiger partial charge in [0.2, 0.25) is 0 Å².